The second-order valence-electron chi connectivity index (χ2n) is 4.47. The van der Waals surface area contributed by atoms with Crippen LogP contribution in [0.5, 0.6) is 0 Å². The first-order chi connectivity index (χ1) is 9.29. The minimum Gasteiger partial charge on any atom is -0.398 e. The molecule has 19 heavy (non-hydrogen) atoms. The zero-order valence-electron chi connectivity index (χ0n) is 10.7. The number of fused-ring (bicyclic) bond motifs is 1. The number of nitrogens with two attached hydrogens (primary N) is 1. The van der Waals surface area contributed by atoms with Crippen molar-refractivity contribution in [2.45, 2.75) is 6.17 Å². The van der Waals surface area contributed by atoms with Gasteiger partial charge >= 0.3 is 0 Å². The predicted octanol–water partition coefficient (Wildman–Crippen LogP) is 2.36. The molecule has 0 bridgehead atoms. The van der Waals surface area contributed by atoms with Gasteiger partial charge in [-0.15, -0.1) is 0 Å². The third-order valence-corrected chi connectivity index (χ3v) is 3.29. The fraction of sp³-hybridized carbons (Fsp3) is 0.133. The average Bonchev–Trinajstić information content (AvgIpc) is 2.46. The number of para-hydroxylation sites is 2. The van der Waals surface area contributed by atoms with Crippen LogP contribution in [-0.4, -0.2) is 12.9 Å². The van der Waals surface area contributed by atoms with Crippen molar-refractivity contribution >= 4 is 17.2 Å². The Hall–Kier alpha value is -2.49. The Labute approximate surface area is 112 Å². The van der Waals surface area contributed by atoms with Crippen LogP contribution in [0.4, 0.5) is 11.4 Å². The van der Waals surface area contributed by atoms with Gasteiger partial charge in [-0.2, -0.15) is 0 Å². The molecule has 96 valence electrons. The molecule has 2 aromatic rings. The highest BCUT2D eigenvalue weighted by atomic mass is 15.2. The molecule has 0 radical (unpaired) electrons. The summed E-state index contributed by atoms with van der Waals surface area (Å²) in [6, 6.07) is 15.9. The van der Waals surface area contributed by atoms with Crippen LogP contribution in [0.1, 0.15) is 17.3 Å². The fourth-order valence-corrected chi connectivity index (χ4v) is 2.34. The number of benzene rings is 2. The van der Waals surface area contributed by atoms with Crippen molar-refractivity contribution in [3.05, 3.63) is 59.7 Å². The first-order valence-electron chi connectivity index (χ1n) is 6.23. The van der Waals surface area contributed by atoms with E-state index in [0.29, 0.717) is 0 Å². The molecule has 0 aliphatic carbocycles. The van der Waals surface area contributed by atoms with Crippen molar-refractivity contribution in [1.82, 2.24) is 5.32 Å². The second-order valence-corrected chi connectivity index (χ2v) is 4.47. The van der Waals surface area contributed by atoms with Crippen LogP contribution in [0, 0.1) is 0 Å². The molecule has 1 aliphatic heterocycles. The number of aliphatic imine (C=N–C) groups is 1. The van der Waals surface area contributed by atoms with Crippen molar-refractivity contribution in [3.63, 3.8) is 0 Å². The molecule has 0 saturated carbocycles. The van der Waals surface area contributed by atoms with Gasteiger partial charge in [0, 0.05) is 29.5 Å². The normalized spacial score (nSPS) is 19.4. The Morgan fingerprint density at radius 1 is 1.00 bits per heavy atom. The van der Waals surface area contributed by atoms with Crippen LogP contribution < -0.4 is 16.4 Å². The van der Waals surface area contributed by atoms with Crippen molar-refractivity contribution in [2.75, 3.05) is 18.1 Å². The fourth-order valence-electron chi connectivity index (χ4n) is 2.34. The Morgan fingerprint density at radius 3 is 2.53 bits per heavy atom. The monoisotopic (exact) mass is 252 g/mol. The first-order valence-corrected chi connectivity index (χ1v) is 6.23. The average molecular weight is 252 g/mol. The van der Waals surface area contributed by atoms with Crippen molar-refractivity contribution in [1.29, 1.82) is 0 Å². The Kier molecular flexibility index (Phi) is 2.83. The largest absolute Gasteiger partial charge is 0.398 e. The van der Waals surface area contributed by atoms with E-state index in [1.54, 1.807) is 7.05 Å². The Bertz CT molecular complexity index is 634. The lowest BCUT2D eigenvalue weighted by Crippen LogP contribution is -2.39. The Morgan fingerprint density at radius 2 is 1.74 bits per heavy atom. The van der Waals surface area contributed by atoms with E-state index in [9.17, 15) is 0 Å². The molecule has 0 saturated heterocycles. The molecule has 2 aromatic carbocycles. The van der Waals surface area contributed by atoms with Gasteiger partial charge < -0.3 is 16.4 Å². The smallest absolute Gasteiger partial charge is 0.131 e. The van der Waals surface area contributed by atoms with Gasteiger partial charge in [-0.25, -0.2) is 0 Å². The third kappa shape index (κ3) is 2.01. The number of hydrogen-bond acceptors (Lipinski definition) is 3. The van der Waals surface area contributed by atoms with Crippen LogP contribution in [0.3, 0.4) is 0 Å². The van der Waals surface area contributed by atoms with E-state index in [-0.39, 0.29) is 6.17 Å². The number of nitrogen functional groups attached to an aromatic ring is 1. The molecular formula is C15H16N4. The summed E-state index contributed by atoms with van der Waals surface area (Å²) in [5, 5.41) is 6.82. The van der Waals surface area contributed by atoms with Gasteiger partial charge in [0.25, 0.3) is 0 Å². The summed E-state index contributed by atoms with van der Waals surface area (Å²) in [7, 11) is 1.79. The number of nitrogens with zero attached hydrogens (tertiary/aromatic N) is 1. The topological polar surface area (TPSA) is 62.4 Å². The van der Waals surface area contributed by atoms with E-state index in [1.807, 2.05) is 48.5 Å². The number of hydrogen-bond donors (Lipinski definition) is 3. The molecular weight excluding hydrogens is 236 g/mol. The molecule has 0 amide bonds. The highest BCUT2D eigenvalue weighted by Crippen LogP contribution is 2.28. The first kappa shape index (κ1) is 11.6. The molecule has 0 spiro atoms. The summed E-state index contributed by atoms with van der Waals surface area (Å²) in [6.45, 7) is 0. The highest BCUT2D eigenvalue weighted by molar-refractivity contribution is 6.05. The summed E-state index contributed by atoms with van der Waals surface area (Å²) in [5.41, 5.74) is 9.97. The number of nitrogens with one attached hydrogen (secondary N) is 2. The lowest BCUT2D eigenvalue weighted by Gasteiger charge is -2.31. The van der Waals surface area contributed by atoms with Gasteiger partial charge in [-0.05, 0) is 18.2 Å². The molecule has 3 rings (SSSR count). The summed E-state index contributed by atoms with van der Waals surface area (Å²) < 4.78 is 0. The van der Waals surface area contributed by atoms with Crippen LogP contribution in [0.25, 0.3) is 0 Å². The molecule has 4 N–H and O–H groups in total. The lowest BCUT2D eigenvalue weighted by atomic mass is 10.0. The van der Waals surface area contributed by atoms with Gasteiger partial charge in [0.1, 0.15) is 12.0 Å². The van der Waals surface area contributed by atoms with Gasteiger partial charge in [-0.3, -0.25) is 4.99 Å². The maximum atomic E-state index is 6.04. The van der Waals surface area contributed by atoms with E-state index >= 15 is 0 Å². The summed E-state index contributed by atoms with van der Waals surface area (Å²) >= 11 is 0. The maximum absolute atomic E-state index is 6.04. The van der Waals surface area contributed by atoms with E-state index < -0.39 is 0 Å². The summed E-state index contributed by atoms with van der Waals surface area (Å²) in [6.07, 6.45) is -0.0604. The molecule has 1 aliphatic rings. The SMILES string of the molecule is CN=C1NC(c2ccccc2N)Nc2ccccc21. The third-order valence-electron chi connectivity index (χ3n) is 3.29. The summed E-state index contributed by atoms with van der Waals surface area (Å²) in [4.78, 5) is 4.32. The molecule has 1 heterocycles. The van der Waals surface area contributed by atoms with Gasteiger partial charge in [0.05, 0.1) is 0 Å². The quantitative estimate of drug-likeness (QED) is 0.683. The lowest BCUT2D eigenvalue weighted by molar-refractivity contribution is 0.722. The van der Waals surface area contributed by atoms with Crippen molar-refractivity contribution in [2.24, 2.45) is 4.99 Å². The highest BCUT2D eigenvalue weighted by Gasteiger charge is 2.23. The zero-order chi connectivity index (χ0) is 13.2. The minimum absolute atomic E-state index is 0.0604. The zero-order valence-corrected chi connectivity index (χ0v) is 10.7. The Balaban J connectivity index is 2.03. The van der Waals surface area contributed by atoms with E-state index in [1.165, 1.54) is 0 Å². The molecule has 4 heteroatoms. The summed E-state index contributed by atoms with van der Waals surface area (Å²) in [5.74, 6) is 0.877. The van der Waals surface area contributed by atoms with Gasteiger partial charge in [-0.1, -0.05) is 30.3 Å². The molecule has 0 fully saturated rings. The van der Waals surface area contributed by atoms with Gasteiger partial charge in [0.15, 0.2) is 0 Å². The van der Waals surface area contributed by atoms with Crippen LogP contribution in [0.15, 0.2) is 53.5 Å². The van der Waals surface area contributed by atoms with E-state index in [0.717, 1.165) is 28.3 Å². The van der Waals surface area contributed by atoms with Crippen LogP contribution >= 0.6 is 0 Å². The second kappa shape index (κ2) is 4.65. The standard InChI is InChI=1S/C15H16N4/c1-17-14-11-7-3-5-9-13(11)18-15(19-14)10-6-2-4-8-12(10)16/h2-9,15,18H,16H2,1H3,(H,17,19). The molecule has 0 aromatic heterocycles. The van der Waals surface area contributed by atoms with Gasteiger partial charge in [0.2, 0.25) is 0 Å². The number of anilines is 2. The van der Waals surface area contributed by atoms with Crippen molar-refractivity contribution < 1.29 is 0 Å². The molecule has 1 atom stereocenters. The molecule has 1 unspecified atom stereocenters. The van der Waals surface area contributed by atoms with E-state index in [2.05, 4.69) is 15.6 Å². The van der Waals surface area contributed by atoms with Crippen molar-refractivity contribution in [3.8, 4) is 0 Å². The molecule has 4 nitrogen and oxygen atoms in total. The van der Waals surface area contributed by atoms with Crippen LogP contribution in [0.2, 0.25) is 0 Å². The number of amidine groups is 1. The minimum atomic E-state index is -0.0604. The maximum Gasteiger partial charge on any atom is 0.131 e. The van der Waals surface area contributed by atoms with Crippen LogP contribution in [-0.2, 0) is 0 Å². The predicted molar refractivity (Wildman–Crippen MR) is 79.3 cm³/mol. The number of rotatable bonds is 1. The van der Waals surface area contributed by atoms with E-state index in [4.69, 9.17) is 5.73 Å².